The molecule has 3 heteroatoms. The molecule has 1 heterocycles. The molecule has 3 rings (SSSR count). The third kappa shape index (κ3) is 1.99. The summed E-state index contributed by atoms with van der Waals surface area (Å²) in [6.07, 6.45) is 7.66. The van der Waals surface area contributed by atoms with Crippen molar-refractivity contribution in [3.63, 3.8) is 0 Å². The molecule has 1 aliphatic rings. The number of nitrogens with zero attached hydrogens (tertiary/aromatic N) is 2. The van der Waals surface area contributed by atoms with Gasteiger partial charge in [0.1, 0.15) is 0 Å². The average Bonchev–Trinajstić information content (AvgIpc) is 3.08. The monoisotopic (exact) mass is 254 g/mol. The second kappa shape index (κ2) is 4.65. The van der Waals surface area contributed by atoms with E-state index < -0.39 is 0 Å². The van der Waals surface area contributed by atoms with E-state index in [1.165, 1.54) is 0 Å². The Labute approximate surface area is 113 Å². The molecule has 1 aromatic carbocycles. The van der Waals surface area contributed by atoms with Crippen molar-refractivity contribution < 1.29 is 4.79 Å². The Morgan fingerprint density at radius 3 is 2.47 bits per heavy atom. The lowest BCUT2D eigenvalue weighted by Crippen LogP contribution is -2.32. The zero-order chi connectivity index (χ0) is 13.3. The quantitative estimate of drug-likeness (QED) is 0.789. The van der Waals surface area contributed by atoms with Gasteiger partial charge < -0.3 is 0 Å². The van der Waals surface area contributed by atoms with E-state index in [0.717, 1.165) is 36.8 Å². The number of hydrogen-bond acceptors (Lipinski definition) is 2. The molecule has 19 heavy (non-hydrogen) atoms. The molecule has 98 valence electrons. The summed E-state index contributed by atoms with van der Waals surface area (Å²) < 4.78 is 1.70. The first-order valence-corrected chi connectivity index (χ1v) is 6.81. The summed E-state index contributed by atoms with van der Waals surface area (Å²) in [5.74, 6) is 0.226. The summed E-state index contributed by atoms with van der Waals surface area (Å²) in [6.45, 7) is 0. The Kier molecular flexibility index (Phi) is 2.97. The number of Topliss-reactive ketones (excluding diaryl/α,β-unsaturated/α-hetero) is 1. The molecule has 1 aromatic heterocycles. The lowest BCUT2D eigenvalue weighted by atomic mass is 9.73. The predicted octanol–water partition coefficient (Wildman–Crippen LogP) is 3.11. The molecular formula is C16H18N2O. The van der Waals surface area contributed by atoms with Gasteiger partial charge in [-0.2, -0.15) is 5.10 Å². The fourth-order valence-corrected chi connectivity index (χ4v) is 3.20. The van der Waals surface area contributed by atoms with Gasteiger partial charge in [-0.15, -0.1) is 0 Å². The van der Waals surface area contributed by atoms with Crippen molar-refractivity contribution in [2.75, 3.05) is 0 Å². The van der Waals surface area contributed by atoms with Crippen molar-refractivity contribution in [3.05, 3.63) is 53.9 Å². The zero-order valence-electron chi connectivity index (χ0n) is 11.2. The predicted molar refractivity (Wildman–Crippen MR) is 74.1 cm³/mol. The molecule has 0 atom stereocenters. The number of hydrogen-bond donors (Lipinski definition) is 0. The molecule has 1 aliphatic carbocycles. The number of rotatable bonds is 3. The van der Waals surface area contributed by atoms with Crippen molar-refractivity contribution in [1.29, 1.82) is 0 Å². The summed E-state index contributed by atoms with van der Waals surface area (Å²) >= 11 is 0. The number of aryl methyl sites for hydroxylation is 1. The van der Waals surface area contributed by atoms with E-state index in [0.29, 0.717) is 0 Å². The molecule has 3 nitrogen and oxygen atoms in total. The molecule has 0 saturated heterocycles. The van der Waals surface area contributed by atoms with E-state index in [2.05, 4.69) is 17.2 Å². The van der Waals surface area contributed by atoms with Crippen LogP contribution in [0.5, 0.6) is 0 Å². The summed E-state index contributed by atoms with van der Waals surface area (Å²) in [4.78, 5) is 12.9. The number of carbonyl (C=O) groups excluding carboxylic acids is 1. The third-order valence-corrected chi connectivity index (χ3v) is 4.19. The number of benzene rings is 1. The Hall–Kier alpha value is -1.90. The molecule has 0 N–H and O–H groups in total. The molecule has 0 aliphatic heterocycles. The van der Waals surface area contributed by atoms with Crippen molar-refractivity contribution in [2.24, 2.45) is 7.05 Å². The fourth-order valence-electron chi connectivity index (χ4n) is 3.20. The maximum absolute atomic E-state index is 12.9. The van der Waals surface area contributed by atoms with Gasteiger partial charge in [0.05, 0.1) is 17.2 Å². The highest BCUT2D eigenvalue weighted by atomic mass is 16.1. The molecule has 1 fully saturated rings. The Morgan fingerprint density at radius 1 is 1.21 bits per heavy atom. The van der Waals surface area contributed by atoms with Gasteiger partial charge in [0, 0.05) is 13.2 Å². The highest BCUT2D eigenvalue weighted by Gasteiger charge is 2.43. The first-order chi connectivity index (χ1) is 9.22. The molecule has 0 spiro atoms. The molecule has 2 aromatic rings. The van der Waals surface area contributed by atoms with E-state index >= 15 is 0 Å². The average molecular weight is 254 g/mol. The largest absolute Gasteiger partial charge is 0.293 e. The van der Waals surface area contributed by atoms with E-state index in [4.69, 9.17) is 0 Å². The van der Waals surface area contributed by atoms with Crippen LogP contribution in [-0.4, -0.2) is 15.6 Å². The van der Waals surface area contributed by atoms with Gasteiger partial charge in [0.2, 0.25) is 0 Å². The summed E-state index contributed by atoms with van der Waals surface area (Å²) in [5.41, 5.74) is 1.55. The highest BCUT2D eigenvalue weighted by molar-refractivity contribution is 6.04. The molecule has 0 amide bonds. The van der Waals surface area contributed by atoms with E-state index in [-0.39, 0.29) is 11.2 Å². The SMILES string of the molecule is Cn1cc(C(=O)C2(c3ccccc3)CCCC2)cn1. The van der Waals surface area contributed by atoms with Gasteiger partial charge in [-0.05, 0) is 18.4 Å². The van der Waals surface area contributed by atoms with Crippen molar-refractivity contribution in [1.82, 2.24) is 9.78 Å². The standard InChI is InChI=1S/C16H18N2O/c1-18-12-13(11-17-18)15(19)16(9-5-6-10-16)14-7-3-2-4-8-14/h2-4,7-8,11-12H,5-6,9-10H2,1H3. The lowest BCUT2D eigenvalue weighted by molar-refractivity contribution is 0.0886. The minimum atomic E-state index is -0.329. The van der Waals surface area contributed by atoms with E-state index in [1.54, 1.807) is 10.9 Å². The smallest absolute Gasteiger partial charge is 0.176 e. The van der Waals surface area contributed by atoms with Crippen LogP contribution in [0.1, 0.15) is 41.6 Å². The summed E-state index contributed by atoms with van der Waals surface area (Å²) in [5, 5.41) is 4.13. The van der Waals surface area contributed by atoms with Crippen LogP contribution in [0.15, 0.2) is 42.7 Å². The van der Waals surface area contributed by atoms with Crippen molar-refractivity contribution >= 4 is 5.78 Å². The molecule has 0 unspecified atom stereocenters. The molecule has 0 bridgehead atoms. The fraction of sp³-hybridized carbons (Fsp3) is 0.375. The van der Waals surface area contributed by atoms with Crippen LogP contribution in [0.25, 0.3) is 0 Å². The van der Waals surface area contributed by atoms with Gasteiger partial charge in [-0.25, -0.2) is 0 Å². The van der Waals surface area contributed by atoms with Crippen LogP contribution in [-0.2, 0) is 12.5 Å². The van der Waals surface area contributed by atoms with E-state index in [1.807, 2.05) is 31.4 Å². The van der Waals surface area contributed by atoms with E-state index in [9.17, 15) is 4.79 Å². The molecule has 1 saturated carbocycles. The Morgan fingerprint density at radius 2 is 1.89 bits per heavy atom. The van der Waals surface area contributed by atoms with Crippen molar-refractivity contribution in [3.8, 4) is 0 Å². The van der Waals surface area contributed by atoms with Gasteiger partial charge in [0.25, 0.3) is 0 Å². The molecule has 0 radical (unpaired) electrons. The van der Waals surface area contributed by atoms with Crippen LogP contribution >= 0.6 is 0 Å². The minimum absolute atomic E-state index is 0.226. The second-order valence-corrected chi connectivity index (χ2v) is 5.39. The maximum atomic E-state index is 12.9. The lowest BCUT2D eigenvalue weighted by Gasteiger charge is -2.27. The summed E-state index contributed by atoms with van der Waals surface area (Å²) in [7, 11) is 1.85. The van der Waals surface area contributed by atoms with Crippen LogP contribution in [0, 0.1) is 0 Å². The first kappa shape index (κ1) is 12.2. The van der Waals surface area contributed by atoms with Crippen LogP contribution in [0.4, 0.5) is 0 Å². The van der Waals surface area contributed by atoms with Crippen LogP contribution in [0.3, 0.4) is 0 Å². The third-order valence-electron chi connectivity index (χ3n) is 4.19. The van der Waals surface area contributed by atoms with Gasteiger partial charge >= 0.3 is 0 Å². The zero-order valence-corrected chi connectivity index (χ0v) is 11.2. The Balaban J connectivity index is 2.04. The number of ketones is 1. The topological polar surface area (TPSA) is 34.9 Å². The maximum Gasteiger partial charge on any atom is 0.176 e. The van der Waals surface area contributed by atoms with Gasteiger partial charge in [-0.3, -0.25) is 9.48 Å². The number of aromatic nitrogens is 2. The van der Waals surface area contributed by atoms with Crippen molar-refractivity contribution in [2.45, 2.75) is 31.1 Å². The normalized spacial score (nSPS) is 17.5. The number of carbonyl (C=O) groups is 1. The van der Waals surface area contributed by atoms with Gasteiger partial charge in [-0.1, -0.05) is 43.2 Å². The highest BCUT2D eigenvalue weighted by Crippen LogP contribution is 2.43. The Bertz CT molecular complexity index is 580. The second-order valence-electron chi connectivity index (χ2n) is 5.39. The minimum Gasteiger partial charge on any atom is -0.293 e. The first-order valence-electron chi connectivity index (χ1n) is 6.81. The van der Waals surface area contributed by atoms with Crippen LogP contribution < -0.4 is 0 Å². The van der Waals surface area contributed by atoms with Crippen LogP contribution in [0.2, 0.25) is 0 Å². The molecular weight excluding hydrogens is 236 g/mol. The summed E-state index contributed by atoms with van der Waals surface area (Å²) in [6, 6.07) is 10.2. The van der Waals surface area contributed by atoms with Gasteiger partial charge in [0.15, 0.2) is 5.78 Å².